The predicted molar refractivity (Wildman–Crippen MR) is 127 cm³/mol. The monoisotopic (exact) mass is 464 g/mol. The second kappa shape index (κ2) is 9.26. The van der Waals surface area contributed by atoms with Gasteiger partial charge in [0.15, 0.2) is 0 Å². The Labute approximate surface area is 196 Å². The molecule has 1 N–H and O–H groups in total. The number of methoxy groups -OCH3 is 3. The minimum absolute atomic E-state index is 0.111. The molecule has 0 aliphatic carbocycles. The zero-order valence-electron chi connectivity index (χ0n) is 18.2. The summed E-state index contributed by atoms with van der Waals surface area (Å²) in [5.74, 6) is 0.675. The lowest BCUT2D eigenvalue weighted by molar-refractivity contribution is -0.120. The number of carbonyl (C=O) groups excluding carboxylic acids is 2. The van der Waals surface area contributed by atoms with E-state index in [1.807, 2.05) is 0 Å². The average Bonchev–Trinajstić information content (AvgIpc) is 3.08. The molecule has 0 fully saturated rings. The number of imide groups is 1. The van der Waals surface area contributed by atoms with E-state index in [0.717, 1.165) is 4.90 Å². The molecule has 1 heterocycles. The topological polar surface area (TPSA) is 77.1 Å². The van der Waals surface area contributed by atoms with Crippen LogP contribution in [0.4, 0.5) is 11.4 Å². The van der Waals surface area contributed by atoms with Crippen LogP contribution in [0.1, 0.15) is 5.56 Å². The second-order valence-corrected chi connectivity index (χ2v) is 7.51. The highest BCUT2D eigenvalue weighted by Gasteiger charge is 2.41. The summed E-state index contributed by atoms with van der Waals surface area (Å²) in [6, 6.07) is 18.7. The van der Waals surface area contributed by atoms with Gasteiger partial charge in [-0.1, -0.05) is 35.9 Å². The quantitative estimate of drug-likeness (QED) is 0.508. The van der Waals surface area contributed by atoms with E-state index in [-0.39, 0.29) is 16.3 Å². The van der Waals surface area contributed by atoms with Gasteiger partial charge in [-0.3, -0.25) is 9.59 Å². The molecule has 4 rings (SSSR count). The number of hydrogen-bond donors (Lipinski definition) is 1. The molecule has 3 aromatic carbocycles. The molecule has 0 saturated heterocycles. The lowest BCUT2D eigenvalue weighted by Gasteiger charge is -2.17. The zero-order valence-corrected chi connectivity index (χ0v) is 19.0. The van der Waals surface area contributed by atoms with Gasteiger partial charge in [-0.05, 0) is 29.8 Å². The van der Waals surface area contributed by atoms with Gasteiger partial charge >= 0.3 is 0 Å². The van der Waals surface area contributed by atoms with Crippen molar-refractivity contribution in [1.82, 2.24) is 0 Å². The molecular formula is C25H21ClN2O5. The lowest BCUT2D eigenvalue weighted by Crippen LogP contribution is -2.32. The number of benzene rings is 3. The minimum Gasteiger partial charge on any atom is -0.497 e. The molecule has 1 aliphatic rings. The number of anilines is 2. The van der Waals surface area contributed by atoms with Crippen LogP contribution in [0.5, 0.6) is 17.2 Å². The van der Waals surface area contributed by atoms with Crippen LogP contribution in [-0.4, -0.2) is 33.1 Å². The molecule has 0 bridgehead atoms. The Morgan fingerprint density at radius 3 is 1.94 bits per heavy atom. The second-order valence-electron chi connectivity index (χ2n) is 7.10. The third kappa shape index (κ3) is 4.23. The minimum atomic E-state index is -0.527. The average molecular weight is 465 g/mol. The SMILES string of the molecule is COc1ccc(C2=C(Nc3cc(OC)cc(OC)c3)C(=O)N(c3ccccc3Cl)C2=O)cc1. The van der Waals surface area contributed by atoms with Crippen LogP contribution < -0.4 is 24.4 Å². The van der Waals surface area contributed by atoms with Gasteiger partial charge in [-0.15, -0.1) is 0 Å². The molecule has 3 aromatic rings. The van der Waals surface area contributed by atoms with Gasteiger partial charge in [-0.25, -0.2) is 4.90 Å². The fourth-order valence-electron chi connectivity index (χ4n) is 3.55. The number of amides is 2. The molecule has 0 atom stereocenters. The fourth-order valence-corrected chi connectivity index (χ4v) is 3.77. The lowest BCUT2D eigenvalue weighted by atomic mass is 10.0. The van der Waals surface area contributed by atoms with Crippen LogP contribution in [0.2, 0.25) is 5.02 Å². The predicted octanol–water partition coefficient (Wildman–Crippen LogP) is 4.76. The number of rotatable bonds is 7. The first-order valence-corrected chi connectivity index (χ1v) is 10.4. The molecule has 0 spiro atoms. The fraction of sp³-hybridized carbons (Fsp3) is 0.120. The van der Waals surface area contributed by atoms with Crippen molar-refractivity contribution < 1.29 is 23.8 Å². The van der Waals surface area contributed by atoms with Crippen LogP contribution >= 0.6 is 11.6 Å². The Balaban J connectivity index is 1.84. The largest absolute Gasteiger partial charge is 0.497 e. The van der Waals surface area contributed by atoms with E-state index in [4.69, 9.17) is 25.8 Å². The Morgan fingerprint density at radius 2 is 1.36 bits per heavy atom. The van der Waals surface area contributed by atoms with E-state index in [9.17, 15) is 9.59 Å². The highest BCUT2D eigenvalue weighted by Crippen LogP contribution is 2.37. The normalized spacial score (nSPS) is 13.4. The molecule has 7 nitrogen and oxygen atoms in total. The zero-order chi connectivity index (χ0) is 23.5. The molecule has 33 heavy (non-hydrogen) atoms. The number of halogens is 1. The van der Waals surface area contributed by atoms with E-state index in [1.165, 1.54) is 14.2 Å². The number of nitrogens with zero attached hydrogens (tertiary/aromatic N) is 1. The Bertz CT molecular complexity index is 1230. The maximum absolute atomic E-state index is 13.5. The van der Waals surface area contributed by atoms with Crippen molar-refractivity contribution in [3.63, 3.8) is 0 Å². The van der Waals surface area contributed by atoms with Crippen molar-refractivity contribution in [2.45, 2.75) is 0 Å². The summed E-state index contributed by atoms with van der Waals surface area (Å²) in [6.45, 7) is 0. The van der Waals surface area contributed by atoms with Gasteiger partial charge in [-0.2, -0.15) is 0 Å². The molecule has 8 heteroatoms. The van der Waals surface area contributed by atoms with Gasteiger partial charge in [0.25, 0.3) is 11.8 Å². The Kier molecular flexibility index (Phi) is 6.24. The summed E-state index contributed by atoms with van der Waals surface area (Å²) in [5, 5.41) is 3.39. The van der Waals surface area contributed by atoms with Crippen molar-refractivity contribution in [3.8, 4) is 17.2 Å². The highest BCUT2D eigenvalue weighted by atomic mass is 35.5. The molecule has 0 radical (unpaired) electrons. The van der Waals surface area contributed by atoms with Crippen LogP contribution in [0, 0.1) is 0 Å². The summed E-state index contributed by atoms with van der Waals surface area (Å²) >= 11 is 6.32. The van der Waals surface area contributed by atoms with Crippen molar-refractivity contribution in [1.29, 1.82) is 0 Å². The molecule has 1 aliphatic heterocycles. The number of para-hydroxylation sites is 1. The number of hydrogen-bond acceptors (Lipinski definition) is 6. The third-order valence-electron chi connectivity index (χ3n) is 5.18. The summed E-state index contributed by atoms with van der Waals surface area (Å²) in [6.07, 6.45) is 0. The summed E-state index contributed by atoms with van der Waals surface area (Å²) in [5.41, 5.74) is 1.71. The van der Waals surface area contributed by atoms with Gasteiger partial charge in [0.2, 0.25) is 0 Å². The maximum atomic E-state index is 13.5. The van der Waals surface area contributed by atoms with Gasteiger partial charge in [0.05, 0.1) is 37.6 Å². The van der Waals surface area contributed by atoms with Gasteiger partial charge < -0.3 is 19.5 Å². The van der Waals surface area contributed by atoms with E-state index in [1.54, 1.807) is 73.8 Å². The first-order valence-electron chi connectivity index (χ1n) is 9.99. The standard InChI is InChI=1S/C25H21ClN2O5/c1-31-17-10-8-15(9-11-17)22-23(27-16-12-18(32-2)14-19(13-16)33-3)25(30)28(24(22)29)21-7-5-4-6-20(21)26/h4-14,27H,1-3H3. The van der Waals surface area contributed by atoms with Crippen LogP contribution in [0.3, 0.4) is 0 Å². The van der Waals surface area contributed by atoms with Gasteiger partial charge in [0.1, 0.15) is 22.9 Å². The van der Waals surface area contributed by atoms with Gasteiger partial charge in [0, 0.05) is 23.9 Å². The van der Waals surface area contributed by atoms with Crippen LogP contribution in [0.15, 0.2) is 72.4 Å². The number of ether oxygens (including phenoxy) is 3. The van der Waals surface area contributed by atoms with Crippen molar-refractivity contribution in [2.24, 2.45) is 0 Å². The van der Waals surface area contributed by atoms with Crippen molar-refractivity contribution in [3.05, 3.63) is 83.0 Å². The van der Waals surface area contributed by atoms with Crippen LogP contribution in [0.25, 0.3) is 5.57 Å². The molecule has 0 aromatic heterocycles. The molecule has 0 saturated carbocycles. The molecule has 0 unspecified atom stereocenters. The summed E-state index contributed by atoms with van der Waals surface area (Å²) < 4.78 is 15.9. The Hall–Kier alpha value is -3.97. The first-order chi connectivity index (χ1) is 16.0. The third-order valence-corrected chi connectivity index (χ3v) is 5.50. The highest BCUT2D eigenvalue weighted by molar-refractivity contribution is 6.48. The molecule has 2 amide bonds. The van der Waals surface area contributed by atoms with E-state index >= 15 is 0 Å². The summed E-state index contributed by atoms with van der Waals surface area (Å²) in [4.78, 5) is 28.1. The maximum Gasteiger partial charge on any atom is 0.282 e. The van der Waals surface area contributed by atoms with Crippen LogP contribution in [-0.2, 0) is 9.59 Å². The number of carbonyl (C=O) groups is 2. The number of nitrogens with one attached hydrogen (secondary N) is 1. The first kappa shape index (κ1) is 22.2. The summed E-state index contributed by atoms with van der Waals surface area (Å²) in [7, 11) is 4.62. The van der Waals surface area contributed by atoms with Crippen molar-refractivity contribution in [2.75, 3.05) is 31.5 Å². The molecule has 168 valence electrons. The molecular weight excluding hydrogens is 444 g/mol. The smallest absolute Gasteiger partial charge is 0.282 e. The van der Waals surface area contributed by atoms with Crippen molar-refractivity contribution >= 4 is 40.4 Å². The Morgan fingerprint density at radius 1 is 0.758 bits per heavy atom. The van der Waals surface area contributed by atoms with E-state index in [2.05, 4.69) is 5.32 Å². The van der Waals surface area contributed by atoms with E-state index < -0.39 is 11.8 Å². The van der Waals surface area contributed by atoms with E-state index in [0.29, 0.717) is 34.2 Å².